The maximum atomic E-state index is 12.7. The number of benzene rings is 2. The first-order valence-electron chi connectivity index (χ1n) is 9.37. The van der Waals surface area contributed by atoms with E-state index in [0.29, 0.717) is 31.0 Å². The molecule has 0 atom stereocenters. The van der Waals surface area contributed by atoms with Gasteiger partial charge in [-0.2, -0.15) is 9.41 Å². The van der Waals surface area contributed by atoms with Crippen molar-refractivity contribution in [2.24, 2.45) is 5.10 Å². The van der Waals surface area contributed by atoms with E-state index in [-0.39, 0.29) is 16.3 Å². The van der Waals surface area contributed by atoms with E-state index in [9.17, 15) is 23.6 Å². The van der Waals surface area contributed by atoms with Crippen molar-refractivity contribution in [2.45, 2.75) is 24.7 Å². The van der Waals surface area contributed by atoms with E-state index < -0.39 is 20.6 Å². The van der Waals surface area contributed by atoms with Crippen LogP contribution in [0.5, 0.6) is 11.5 Å². The second kappa shape index (κ2) is 9.09. The molecule has 2 aromatic rings. The van der Waals surface area contributed by atoms with Crippen molar-refractivity contribution >= 4 is 27.6 Å². The van der Waals surface area contributed by atoms with Gasteiger partial charge in [0.05, 0.1) is 22.6 Å². The van der Waals surface area contributed by atoms with Gasteiger partial charge in [0.1, 0.15) is 5.69 Å². The molecule has 0 bridgehead atoms. The summed E-state index contributed by atoms with van der Waals surface area (Å²) in [5.41, 5.74) is 2.50. The van der Waals surface area contributed by atoms with Gasteiger partial charge in [0.25, 0.3) is 5.69 Å². The Morgan fingerprint density at radius 2 is 2.03 bits per heavy atom. The van der Waals surface area contributed by atoms with Crippen LogP contribution < -0.4 is 10.2 Å². The van der Waals surface area contributed by atoms with Crippen molar-refractivity contribution in [1.29, 1.82) is 0 Å². The van der Waals surface area contributed by atoms with E-state index in [2.05, 4.69) is 10.5 Å². The number of aromatic hydroxyl groups is 1. The van der Waals surface area contributed by atoms with E-state index in [1.165, 1.54) is 22.7 Å². The molecule has 11 heteroatoms. The van der Waals surface area contributed by atoms with Crippen LogP contribution in [0, 0.1) is 10.1 Å². The summed E-state index contributed by atoms with van der Waals surface area (Å²) in [6, 6.07) is 8.52. The van der Waals surface area contributed by atoms with Crippen LogP contribution >= 0.6 is 0 Å². The molecule has 0 spiro atoms. The van der Waals surface area contributed by atoms with Crippen molar-refractivity contribution in [2.75, 3.05) is 25.1 Å². The zero-order valence-corrected chi connectivity index (χ0v) is 17.1. The van der Waals surface area contributed by atoms with Gasteiger partial charge in [0.15, 0.2) is 11.5 Å². The molecule has 1 aliphatic heterocycles. The largest absolute Gasteiger partial charge is 0.504 e. The minimum Gasteiger partial charge on any atom is -0.504 e. The Morgan fingerprint density at radius 3 is 2.70 bits per heavy atom. The average molecular weight is 434 g/mol. The second-order valence-electron chi connectivity index (χ2n) is 6.54. The highest BCUT2D eigenvalue weighted by Gasteiger charge is 2.29. The van der Waals surface area contributed by atoms with Gasteiger partial charge >= 0.3 is 0 Å². The number of nitrogens with one attached hydrogen (secondary N) is 1. The number of hydrogen-bond donors (Lipinski definition) is 2. The highest BCUT2D eigenvalue weighted by molar-refractivity contribution is 7.89. The molecule has 10 nitrogen and oxygen atoms in total. The van der Waals surface area contributed by atoms with Crippen LogP contribution in [0.2, 0.25) is 0 Å². The fraction of sp³-hybridized carbons (Fsp3) is 0.316. The van der Waals surface area contributed by atoms with Gasteiger partial charge in [-0.15, -0.1) is 0 Å². The van der Waals surface area contributed by atoms with E-state index >= 15 is 0 Å². The summed E-state index contributed by atoms with van der Waals surface area (Å²) in [6.45, 7) is 2.98. The van der Waals surface area contributed by atoms with Crippen LogP contribution in [-0.4, -0.2) is 48.7 Å². The molecule has 1 fully saturated rings. The minimum absolute atomic E-state index is 0.0251. The molecule has 0 saturated carbocycles. The maximum absolute atomic E-state index is 12.7. The molecule has 1 aliphatic rings. The van der Waals surface area contributed by atoms with Crippen molar-refractivity contribution < 1.29 is 23.2 Å². The van der Waals surface area contributed by atoms with Crippen LogP contribution in [0.3, 0.4) is 0 Å². The second-order valence-corrected chi connectivity index (χ2v) is 8.48. The number of hydrazone groups is 1. The molecule has 0 unspecified atom stereocenters. The third-order valence-corrected chi connectivity index (χ3v) is 6.48. The van der Waals surface area contributed by atoms with Crippen LogP contribution in [0.15, 0.2) is 46.4 Å². The fourth-order valence-corrected chi connectivity index (χ4v) is 4.62. The summed E-state index contributed by atoms with van der Waals surface area (Å²) in [5, 5.41) is 25.6. The summed E-state index contributed by atoms with van der Waals surface area (Å²) in [7, 11) is -3.78. The minimum atomic E-state index is -3.78. The first-order valence-corrected chi connectivity index (χ1v) is 10.8. The molecule has 0 aromatic heterocycles. The molecule has 30 heavy (non-hydrogen) atoms. The lowest BCUT2D eigenvalue weighted by Crippen LogP contribution is -2.27. The molecular formula is C19H22N4O6S. The van der Waals surface area contributed by atoms with Crippen molar-refractivity contribution in [3.8, 4) is 11.5 Å². The molecule has 1 heterocycles. The molecule has 0 aliphatic carbocycles. The molecule has 3 rings (SSSR count). The summed E-state index contributed by atoms with van der Waals surface area (Å²) < 4.78 is 31.9. The summed E-state index contributed by atoms with van der Waals surface area (Å²) >= 11 is 0. The number of rotatable bonds is 8. The number of phenolic OH excluding ortho intramolecular Hbond substituents is 1. The van der Waals surface area contributed by atoms with Crippen LogP contribution in [0.4, 0.5) is 11.4 Å². The third kappa shape index (κ3) is 4.52. The van der Waals surface area contributed by atoms with E-state index in [0.717, 1.165) is 18.9 Å². The number of nitrogens with zero attached hydrogens (tertiary/aromatic N) is 3. The first-order chi connectivity index (χ1) is 14.3. The zero-order chi connectivity index (χ0) is 21.7. The lowest BCUT2D eigenvalue weighted by molar-refractivity contribution is -0.384. The Balaban J connectivity index is 1.84. The molecule has 2 N–H and O–H groups in total. The Morgan fingerprint density at radius 1 is 1.30 bits per heavy atom. The number of ether oxygens (including phenoxy) is 1. The molecule has 160 valence electrons. The number of hydrogen-bond acceptors (Lipinski definition) is 8. The van der Waals surface area contributed by atoms with Crippen molar-refractivity contribution in [3.05, 3.63) is 52.1 Å². The quantitative estimate of drug-likeness (QED) is 0.370. The maximum Gasteiger partial charge on any atom is 0.295 e. The first kappa shape index (κ1) is 21.5. The lowest BCUT2D eigenvalue weighted by Gasteiger charge is -2.15. The SMILES string of the molecule is CCOc1cccc(/C=N/Nc2ccc(S(=O)(=O)N3CCCC3)cc2[N+](=O)[O-])c1O. The number of nitro groups is 1. The van der Waals surface area contributed by atoms with Gasteiger partial charge in [-0.25, -0.2) is 8.42 Å². The van der Waals surface area contributed by atoms with Gasteiger partial charge in [-0.1, -0.05) is 6.07 Å². The Labute approximate surface area is 174 Å². The van der Waals surface area contributed by atoms with Gasteiger partial charge in [0.2, 0.25) is 10.0 Å². The molecule has 1 saturated heterocycles. The summed E-state index contributed by atoms with van der Waals surface area (Å²) in [6.07, 6.45) is 2.83. The smallest absolute Gasteiger partial charge is 0.295 e. The van der Waals surface area contributed by atoms with Gasteiger partial charge < -0.3 is 9.84 Å². The molecule has 0 amide bonds. The van der Waals surface area contributed by atoms with Crippen molar-refractivity contribution in [1.82, 2.24) is 4.31 Å². The number of sulfonamides is 1. The molecule has 2 aromatic carbocycles. The highest BCUT2D eigenvalue weighted by Crippen LogP contribution is 2.31. The number of phenols is 1. The monoisotopic (exact) mass is 434 g/mol. The van der Waals surface area contributed by atoms with E-state index in [1.807, 2.05) is 0 Å². The van der Waals surface area contributed by atoms with Gasteiger partial charge in [0, 0.05) is 24.7 Å². The van der Waals surface area contributed by atoms with Crippen LogP contribution in [0.25, 0.3) is 0 Å². The Hall–Kier alpha value is -3.18. The Bertz CT molecular complexity index is 1060. The highest BCUT2D eigenvalue weighted by atomic mass is 32.2. The fourth-order valence-electron chi connectivity index (χ4n) is 3.08. The topological polar surface area (TPSA) is 134 Å². The predicted molar refractivity (Wildman–Crippen MR) is 112 cm³/mol. The number of anilines is 1. The zero-order valence-electron chi connectivity index (χ0n) is 16.3. The average Bonchev–Trinajstić information content (AvgIpc) is 3.26. The molecular weight excluding hydrogens is 412 g/mol. The lowest BCUT2D eigenvalue weighted by atomic mass is 10.2. The molecule has 0 radical (unpaired) electrons. The van der Waals surface area contributed by atoms with Crippen molar-refractivity contribution in [3.63, 3.8) is 0 Å². The number of nitro benzene ring substituents is 1. The third-order valence-electron chi connectivity index (χ3n) is 4.59. The van der Waals surface area contributed by atoms with Gasteiger partial charge in [-0.05, 0) is 44.0 Å². The van der Waals surface area contributed by atoms with Crippen LogP contribution in [0.1, 0.15) is 25.3 Å². The van der Waals surface area contributed by atoms with Gasteiger partial charge in [-0.3, -0.25) is 15.5 Å². The van der Waals surface area contributed by atoms with Crippen LogP contribution in [-0.2, 0) is 10.0 Å². The normalized spacial score (nSPS) is 14.8. The number of para-hydroxylation sites is 1. The Kier molecular flexibility index (Phi) is 6.53. The summed E-state index contributed by atoms with van der Waals surface area (Å²) in [4.78, 5) is 10.7. The standard InChI is InChI=1S/C19H22N4O6S/c1-2-29-18-7-5-6-14(19(18)24)13-20-21-16-9-8-15(12-17(16)23(25)26)30(27,28)22-10-3-4-11-22/h5-9,12-13,21,24H,2-4,10-11H2,1H3/b20-13+. The van der Waals surface area contributed by atoms with E-state index in [4.69, 9.17) is 4.74 Å². The summed E-state index contributed by atoms with van der Waals surface area (Å²) in [5.74, 6) is 0.190. The predicted octanol–water partition coefficient (Wildman–Crippen LogP) is 2.93. The van der Waals surface area contributed by atoms with E-state index in [1.54, 1.807) is 25.1 Å².